The van der Waals surface area contributed by atoms with E-state index >= 15 is 0 Å². The van der Waals surface area contributed by atoms with Gasteiger partial charge in [-0.2, -0.15) is 0 Å². The summed E-state index contributed by atoms with van der Waals surface area (Å²) in [5.41, 5.74) is 15.5. The lowest BCUT2D eigenvalue weighted by molar-refractivity contribution is 0.591. The van der Waals surface area contributed by atoms with Crippen LogP contribution in [0.4, 0.5) is 0 Å². The van der Waals surface area contributed by atoms with Crippen LogP contribution in [0.1, 0.15) is 76.3 Å². The maximum Gasteiger partial charge on any atom is 0.242 e. The standard InChI is InChI=1S/C50H44B2/c1-48(2,3)33-28-31-24-26-34-44(51-40-20-12-8-16-36(40)49(4,5)37-17-9-13-21-41(37)51)30-45(35-27-25-32(29-33)46(31)47(34)35)52-42-22-14-10-18-38(42)50(6,7)39-19-11-15-23-43(39)52/h8-30H,1-7H3. The Hall–Kier alpha value is -5.07. The minimum atomic E-state index is -0.0908. The summed E-state index contributed by atoms with van der Waals surface area (Å²) < 4.78 is 0. The topological polar surface area (TPSA) is 0 Å². The van der Waals surface area contributed by atoms with Gasteiger partial charge in [-0.25, -0.2) is 0 Å². The lowest BCUT2D eigenvalue weighted by Gasteiger charge is -2.40. The lowest BCUT2D eigenvalue weighted by Crippen LogP contribution is -2.63. The summed E-state index contributed by atoms with van der Waals surface area (Å²) in [4.78, 5) is 0. The second-order valence-electron chi connectivity index (χ2n) is 17.7. The molecular weight excluding hydrogens is 622 g/mol. The van der Waals surface area contributed by atoms with Gasteiger partial charge in [-0.3, -0.25) is 0 Å². The predicted molar refractivity (Wildman–Crippen MR) is 228 cm³/mol. The monoisotopic (exact) mass is 666 g/mol. The Labute approximate surface area is 309 Å². The quantitative estimate of drug-likeness (QED) is 0.129. The van der Waals surface area contributed by atoms with Crippen LogP contribution in [-0.4, -0.2) is 13.4 Å². The zero-order valence-corrected chi connectivity index (χ0v) is 31.4. The Balaban J connectivity index is 1.38. The van der Waals surface area contributed by atoms with Crippen LogP contribution >= 0.6 is 0 Å². The Morgan fingerprint density at radius 2 is 0.731 bits per heavy atom. The van der Waals surface area contributed by atoms with Crippen LogP contribution in [-0.2, 0) is 16.2 Å². The smallest absolute Gasteiger partial charge is 0.0705 e. The van der Waals surface area contributed by atoms with Crippen molar-refractivity contribution in [2.24, 2.45) is 0 Å². The second-order valence-corrected chi connectivity index (χ2v) is 17.7. The van der Waals surface area contributed by atoms with Crippen molar-refractivity contribution >= 4 is 78.5 Å². The fraction of sp³-hybridized carbons (Fsp3) is 0.200. The molecule has 0 radical (unpaired) electrons. The van der Waals surface area contributed by atoms with Gasteiger partial charge in [0.1, 0.15) is 0 Å². The molecule has 0 saturated heterocycles. The van der Waals surface area contributed by atoms with Crippen molar-refractivity contribution in [2.45, 2.75) is 64.7 Å². The highest BCUT2D eigenvalue weighted by molar-refractivity contribution is 7.01. The van der Waals surface area contributed by atoms with E-state index in [1.165, 1.54) is 92.9 Å². The lowest BCUT2D eigenvalue weighted by atomic mass is 9.28. The summed E-state index contributed by atoms with van der Waals surface area (Å²) in [5, 5.41) is 8.20. The third kappa shape index (κ3) is 4.24. The molecule has 0 amide bonds. The van der Waals surface area contributed by atoms with E-state index in [9.17, 15) is 0 Å². The van der Waals surface area contributed by atoms with Crippen molar-refractivity contribution < 1.29 is 0 Å². The average molecular weight is 667 g/mol. The van der Waals surface area contributed by atoms with Crippen LogP contribution in [0.15, 0.2) is 140 Å². The Kier molecular flexibility index (Phi) is 6.53. The molecule has 0 nitrogen and oxygen atoms in total. The average Bonchev–Trinajstić information content (AvgIpc) is 3.14. The third-order valence-electron chi connectivity index (χ3n) is 13.0. The van der Waals surface area contributed by atoms with Crippen molar-refractivity contribution in [2.75, 3.05) is 0 Å². The highest BCUT2D eigenvalue weighted by Crippen LogP contribution is 2.39. The number of rotatable bonds is 2. The molecule has 0 bridgehead atoms. The molecule has 2 aliphatic heterocycles. The summed E-state index contributed by atoms with van der Waals surface area (Å²) in [7, 11) is 0. The van der Waals surface area contributed by atoms with E-state index in [1.54, 1.807) is 0 Å². The van der Waals surface area contributed by atoms with Crippen LogP contribution in [0, 0.1) is 0 Å². The molecule has 0 aromatic heterocycles. The zero-order valence-electron chi connectivity index (χ0n) is 31.4. The van der Waals surface area contributed by atoms with Gasteiger partial charge < -0.3 is 0 Å². The molecule has 52 heavy (non-hydrogen) atoms. The summed E-state index contributed by atoms with van der Waals surface area (Å²) in [6, 6.07) is 54.2. The van der Waals surface area contributed by atoms with Crippen molar-refractivity contribution in [3.63, 3.8) is 0 Å². The number of benzene rings is 8. The fourth-order valence-corrected chi connectivity index (χ4v) is 10.4. The zero-order chi connectivity index (χ0) is 35.7. The normalized spacial score (nSPS) is 15.8. The molecule has 8 aromatic carbocycles. The fourth-order valence-electron chi connectivity index (χ4n) is 10.4. The highest BCUT2D eigenvalue weighted by Gasteiger charge is 2.43. The van der Waals surface area contributed by atoms with Crippen LogP contribution in [0.3, 0.4) is 0 Å². The molecule has 0 fully saturated rings. The number of fused-ring (bicyclic) bond motifs is 4. The molecule has 0 N–H and O–H groups in total. The molecule has 2 aliphatic rings. The molecule has 2 heterocycles. The first kappa shape index (κ1) is 31.6. The van der Waals surface area contributed by atoms with E-state index in [-0.39, 0.29) is 29.7 Å². The number of hydrogen-bond acceptors (Lipinski definition) is 0. The maximum absolute atomic E-state index is 2.63. The van der Waals surface area contributed by atoms with E-state index in [1.807, 2.05) is 0 Å². The van der Waals surface area contributed by atoms with Crippen molar-refractivity contribution in [3.05, 3.63) is 167 Å². The van der Waals surface area contributed by atoms with Crippen molar-refractivity contribution in [1.29, 1.82) is 0 Å². The first-order valence-electron chi connectivity index (χ1n) is 19.1. The molecule has 2 heteroatoms. The van der Waals surface area contributed by atoms with Gasteiger partial charge >= 0.3 is 0 Å². The first-order chi connectivity index (χ1) is 25.0. The Morgan fingerprint density at radius 3 is 1.08 bits per heavy atom. The molecule has 0 saturated carbocycles. The Morgan fingerprint density at radius 1 is 0.385 bits per heavy atom. The van der Waals surface area contributed by atoms with Crippen LogP contribution in [0.25, 0.3) is 32.3 Å². The van der Waals surface area contributed by atoms with E-state index in [4.69, 9.17) is 0 Å². The van der Waals surface area contributed by atoms with Crippen molar-refractivity contribution in [1.82, 2.24) is 0 Å². The minimum Gasteiger partial charge on any atom is -0.0705 e. The molecule has 250 valence electrons. The summed E-state index contributed by atoms with van der Waals surface area (Å²) in [6.45, 7) is 16.8. The van der Waals surface area contributed by atoms with E-state index in [0.717, 1.165) is 0 Å². The predicted octanol–water partition coefficient (Wildman–Crippen LogP) is 8.19. The minimum absolute atomic E-state index is 0.0609. The van der Waals surface area contributed by atoms with Gasteiger partial charge in [0, 0.05) is 10.8 Å². The Bertz CT molecular complexity index is 2470. The van der Waals surface area contributed by atoms with Gasteiger partial charge in [0.2, 0.25) is 13.4 Å². The summed E-state index contributed by atoms with van der Waals surface area (Å²) in [5.74, 6) is 0. The van der Waals surface area contributed by atoms with Gasteiger partial charge in [-0.15, -0.1) is 0 Å². The molecule has 0 spiro atoms. The van der Waals surface area contributed by atoms with E-state index < -0.39 is 0 Å². The largest absolute Gasteiger partial charge is 0.242 e. The molecule has 0 unspecified atom stereocenters. The van der Waals surface area contributed by atoms with E-state index in [0.29, 0.717) is 0 Å². The highest BCUT2D eigenvalue weighted by atomic mass is 14.3. The van der Waals surface area contributed by atoms with Gasteiger partial charge in [-0.05, 0) is 65.5 Å². The second kappa shape index (κ2) is 10.7. The molecular formula is C50H44B2. The molecule has 10 rings (SSSR count). The summed E-state index contributed by atoms with van der Waals surface area (Å²) >= 11 is 0. The van der Waals surface area contributed by atoms with Gasteiger partial charge in [0.15, 0.2) is 0 Å². The third-order valence-corrected chi connectivity index (χ3v) is 13.0. The van der Waals surface area contributed by atoms with Gasteiger partial charge in [0.05, 0.1) is 0 Å². The molecule has 0 aliphatic carbocycles. The molecule has 8 aromatic rings. The summed E-state index contributed by atoms with van der Waals surface area (Å²) in [6.07, 6.45) is 0. The van der Waals surface area contributed by atoms with Gasteiger partial charge in [0.25, 0.3) is 0 Å². The molecule has 0 atom stereocenters. The maximum atomic E-state index is 2.63. The van der Waals surface area contributed by atoms with Crippen LogP contribution < -0.4 is 32.8 Å². The van der Waals surface area contributed by atoms with Crippen molar-refractivity contribution in [3.8, 4) is 0 Å². The number of hydrogen-bond donors (Lipinski definition) is 0. The van der Waals surface area contributed by atoms with Crippen LogP contribution in [0.5, 0.6) is 0 Å². The first-order valence-corrected chi connectivity index (χ1v) is 19.1. The van der Waals surface area contributed by atoms with Gasteiger partial charge in [-0.1, -0.05) is 221 Å². The van der Waals surface area contributed by atoms with Crippen LogP contribution in [0.2, 0.25) is 0 Å². The SMILES string of the molecule is CC(C)(C)c1cc2ccc3c(B4c5ccccc5C(C)(C)c5ccccc54)cc(B4c5ccccc5C(C)(C)c5ccccc54)c4ccc(c1)c2c34. The van der Waals surface area contributed by atoms with E-state index in [2.05, 4.69) is 188 Å².